The van der Waals surface area contributed by atoms with Crippen molar-refractivity contribution in [1.29, 1.82) is 0 Å². The lowest BCUT2D eigenvalue weighted by Gasteiger charge is -2.41. The molecule has 1 fully saturated rings. The van der Waals surface area contributed by atoms with Gasteiger partial charge in [0.15, 0.2) is 0 Å². The maximum atomic E-state index is 12.7. The quantitative estimate of drug-likeness (QED) is 0.856. The van der Waals surface area contributed by atoms with E-state index in [0.717, 1.165) is 37.1 Å². The van der Waals surface area contributed by atoms with Crippen molar-refractivity contribution in [2.45, 2.75) is 31.3 Å². The standard InChI is InChI=1S/C23H31N3O2/c1-25(2)23(20-8-5-4-6-9-20)14-7-17-26(22(27)24-16-15-23)18-19-10-12-21(28-3)13-11-19/h4-6,8-13H,7,14-18H2,1-3H3,(H,24,27)/t23-/m0/s1. The fourth-order valence-electron chi connectivity index (χ4n) is 4.12. The molecular formula is C23H31N3O2. The molecule has 0 aromatic heterocycles. The monoisotopic (exact) mass is 381 g/mol. The Labute approximate surface area is 168 Å². The lowest BCUT2D eigenvalue weighted by molar-refractivity contribution is 0.124. The van der Waals surface area contributed by atoms with Crippen molar-refractivity contribution in [3.63, 3.8) is 0 Å². The Morgan fingerprint density at radius 3 is 2.43 bits per heavy atom. The fraction of sp³-hybridized carbons (Fsp3) is 0.435. The largest absolute Gasteiger partial charge is 0.497 e. The summed E-state index contributed by atoms with van der Waals surface area (Å²) in [7, 11) is 5.94. The van der Waals surface area contributed by atoms with E-state index in [1.807, 2.05) is 29.2 Å². The minimum Gasteiger partial charge on any atom is -0.497 e. The molecule has 5 heteroatoms. The number of ether oxygens (including phenoxy) is 1. The summed E-state index contributed by atoms with van der Waals surface area (Å²) in [5.41, 5.74) is 2.36. The highest BCUT2D eigenvalue weighted by atomic mass is 16.5. The molecule has 0 aliphatic carbocycles. The summed E-state index contributed by atoms with van der Waals surface area (Å²) in [6.45, 7) is 2.00. The van der Waals surface area contributed by atoms with Crippen molar-refractivity contribution in [3.05, 3.63) is 65.7 Å². The number of methoxy groups -OCH3 is 1. The number of amides is 2. The van der Waals surface area contributed by atoms with Gasteiger partial charge in [-0.3, -0.25) is 4.90 Å². The Bertz CT molecular complexity index is 761. The van der Waals surface area contributed by atoms with Crippen LogP contribution in [0, 0.1) is 0 Å². The van der Waals surface area contributed by atoms with Crippen LogP contribution in [0.4, 0.5) is 4.79 Å². The van der Waals surface area contributed by atoms with Crippen LogP contribution >= 0.6 is 0 Å². The molecule has 28 heavy (non-hydrogen) atoms. The van der Waals surface area contributed by atoms with Gasteiger partial charge in [0.2, 0.25) is 0 Å². The second kappa shape index (κ2) is 9.11. The van der Waals surface area contributed by atoms with Crippen LogP contribution in [0.5, 0.6) is 5.75 Å². The Kier molecular flexibility index (Phi) is 6.57. The van der Waals surface area contributed by atoms with E-state index >= 15 is 0 Å². The van der Waals surface area contributed by atoms with Gasteiger partial charge in [-0.15, -0.1) is 0 Å². The number of rotatable bonds is 5. The molecule has 2 aromatic carbocycles. The first-order valence-corrected chi connectivity index (χ1v) is 9.94. The summed E-state index contributed by atoms with van der Waals surface area (Å²) in [5.74, 6) is 0.830. The van der Waals surface area contributed by atoms with Crippen LogP contribution in [-0.2, 0) is 12.1 Å². The molecule has 0 unspecified atom stereocenters. The molecule has 2 amide bonds. The third kappa shape index (κ3) is 4.47. The van der Waals surface area contributed by atoms with Crippen molar-refractivity contribution >= 4 is 6.03 Å². The zero-order valence-electron chi connectivity index (χ0n) is 17.1. The van der Waals surface area contributed by atoms with Crippen molar-refractivity contribution in [2.75, 3.05) is 34.3 Å². The van der Waals surface area contributed by atoms with Gasteiger partial charge >= 0.3 is 6.03 Å². The Hall–Kier alpha value is -2.53. The molecule has 5 nitrogen and oxygen atoms in total. The van der Waals surface area contributed by atoms with Gasteiger partial charge < -0.3 is 15.0 Å². The van der Waals surface area contributed by atoms with E-state index in [2.05, 4.69) is 54.6 Å². The van der Waals surface area contributed by atoms with E-state index in [9.17, 15) is 4.79 Å². The summed E-state index contributed by atoms with van der Waals surface area (Å²) in [6, 6.07) is 18.6. The van der Waals surface area contributed by atoms with Gasteiger partial charge in [-0.25, -0.2) is 4.79 Å². The highest BCUT2D eigenvalue weighted by Crippen LogP contribution is 2.35. The van der Waals surface area contributed by atoms with E-state index in [4.69, 9.17) is 4.74 Å². The van der Waals surface area contributed by atoms with Gasteiger partial charge in [0.05, 0.1) is 7.11 Å². The van der Waals surface area contributed by atoms with E-state index in [1.165, 1.54) is 5.56 Å². The molecule has 0 spiro atoms. The van der Waals surface area contributed by atoms with Gasteiger partial charge in [0.25, 0.3) is 0 Å². The average molecular weight is 382 g/mol. The van der Waals surface area contributed by atoms with Crippen molar-refractivity contribution in [3.8, 4) is 5.75 Å². The molecule has 1 heterocycles. The lowest BCUT2D eigenvalue weighted by Crippen LogP contribution is -2.44. The van der Waals surface area contributed by atoms with Gasteiger partial charge in [-0.05, 0) is 56.6 Å². The number of hydrogen-bond acceptors (Lipinski definition) is 3. The van der Waals surface area contributed by atoms with Crippen LogP contribution < -0.4 is 10.1 Å². The highest BCUT2D eigenvalue weighted by molar-refractivity contribution is 5.74. The van der Waals surface area contributed by atoms with Crippen LogP contribution in [-0.4, -0.2) is 50.1 Å². The van der Waals surface area contributed by atoms with Gasteiger partial charge in [0, 0.05) is 25.2 Å². The molecule has 150 valence electrons. The molecule has 1 aliphatic heterocycles. The van der Waals surface area contributed by atoms with Crippen molar-refractivity contribution < 1.29 is 9.53 Å². The van der Waals surface area contributed by atoms with Gasteiger partial charge in [-0.1, -0.05) is 42.5 Å². The smallest absolute Gasteiger partial charge is 0.317 e. The molecule has 1 saturated heterocycles. The second-order valence-corrected chi connectivity index (χ2v) is 7.65. The molecule has 3 rings (SSSR count). The first-order valence-electron chi connectivity index (χ1n) is 9.94. The van der Waals surface area contributed by atoms with Crippen LogP contribution in [0.3, 0.4) is 0 Å². The first-order chi connectivity index (χ1) is 13.5. The molecular weight excluding hydrogens is 350 g/mol. The summed E-state index contributed by atoms with van der Waals surface area (Å²) >= 11 is 0. The summed E-state index contributed by atoms with van der Waals surface area (Å²) in [6.07, 6.45) is 2.86. The number of carbonyl (C=O) groups is 1. The molecule has 0 radical (unpaired) electrons. The molecule has 1 N–H and O–H groups in total. The van der Waals surface area contributed by atoms with Crippen LogP contribution in [0.1, 0.15) is 30.4 Å². The Morgan fingerprint density at radius 2 is 1.79 bits per heavy atom. The fourth-order valence-corrected chi connectivity index (χ4v) is 4.12. The predicted molar refractivity (Wildman–Crippen MR) is 112 cm³/mol. The number of carbonyl (C=O) groups excluding carboxylic acids is 1. The Balaban J connectivity index is 1.75. The normalized spacial score (nSPS) is 20.9. The number of hydrogen-bond donors (Lipinski definition) is 1. The van der Waals surface area contributed by atoms with Crippen molar-refractivity contribution in [2.24, 2.45) is 0 Å². The van der Waals surface area contributed by atoms with Crippen LogP contribution in [0.25, 0.3) is 0 Å². The van der Waals surface area contributed by atoms with Gasteiger partial charge in [-0.2, -0.15) is 0 Å². The van der Waals surface area contributed by atoms with Gasteiger partial charge in [0.1, 0.15) is 5.75 Å². The maximum absolute atomic E-state index is 12.7. The molecule has 0 bridgehead atoms. The zero-order chi connectivity index (χ0) is 20.0. The Morgan fingerprint density at radius 1 is 1.07 bits per heavy atom. The number of nitrogens with zero attached hydrogens (tertiary/aromatic N) is 2. The minimum atomic E-state index is -0.0648. The molecule has 2 aromatic rings. The molecule has 1 atom stereocenters. The SMILES string of the molecule is COc1ccc(CN2CCC[C@](c3ccccc3)(N(C)C)CCNC2=O)cc1. The number of urea groups is 1. The second-order valence-electron chi connectivity index (χ2n) is 7.65. The first kappa shape index (κ1) is 20.2. The zero-order valence-corrected chi connectivity index (χ0v) is 17.1. The molecule has 1 aliphatic rings. The third-order valence-corrected chi connectivity index (χ3v) is 5.82. The number of nitrogens with one attached hydrogen (secondary N) is 1. The highest BCUT2D eigenvalue weighted by Gasteiger charge is 2.35. The van der Waals surface area contributed by atoms with E-state index in [-0.39, 0.29) is 11.6 Å². The average Bonchev–Trinajstić information content (AvgIpc) is 2.79. The summed E-state index contributed by atoms with van der Waals surface area (Å²) < 4.78 is 5.22. The maximum Gasteiger partial charge on any atom is 0.317 e. The summed E-state index contributed by atoms with van der Waals surface area (Å²) in [4.78, 5) is 17.0. The lowest BCUT2D eigenvalue weighted by atomic mass is 9.81. The van der Waals surface area contributed by atoms with E-state index in [0.29, 0.717) is 13.1 Å². The van der Waals surface area contributed by atoms with Crippen LogP contribution in [0.15, 0.2) is 54.6 Å². The van der Waals surface area contributed by atoms with Crippen LogP contribution in [0.2, 0.25) is 0 Å². The summed E-state index contributed by atoms with van der Waals surface area (Å²) in [5, 5.41) is 3.13. The van der Waals surface area contributed by atoms with E-state index in [1.54, 1.807) is 7.11 Å². The molecule has 0 saturated carbocycles. The predicted octanol–water partition coefficient (Wildman–Crippen LogP) is 3.85. The topological polar surface area (TPSA) is 44.8 Å². The third-order valence-electron chi connectivity index (χ3n) is 5.82. The van der Waals surface area contributed by atoms with E-state index < -0.39 is 0 Å². The minimum absolute atomic E-state index is 0.0124. The van der Waals surface area contributed by atoms with Crippen molar-refractivity contribution in [1.82, 2.24) is 15.1 Å². The number of benzene rings is 2.